The Morgan fingerprint density at radius 1 is 1.26 bits per heavy atom. The Hall–Kier alpha value is -1.65. The first kappa shape index (κ1) is 19.4. The first-order chi connectivity index (χ1) is 10.6. The van der Waals surface area contributed by atoms with E-state index in [0.717, 1.165) is 0 Å². The summed E-state index contributed by atoms with van der Waals surface area (Å²) in [6.07, 6.45) is -4.63. The predicted octanol–water partition coefficient (Wildman–Crippen LogP) is 1.18. The second-order valence-corrected chi connectivity index (χ2v) is 6.56. The Kier molecular flexibility index (Phi) is 6.98. The van der Waals surface area contributed by atoms with Gasteiger partial charge in [0.05, 0.1) is 12.4 Å². The van der Waals surface area contributed by atoms with Crippen molar-refractivity contribution < 1.29 is 36.2 Å². The van der Waals surface area contributed by atoms with Crippen LogP contribution in [0.5, 0.6) is 0 Å². The Morgan fingerprint density at radius 2 is 1.87 bits per heavy atom. The van der Waals surface area contributed by atoms with Gasteiger partial charge in [0.15, 0.2) is 0 Å². The molecule has 0 saturated heterocycles. The highest BCUT2D eigenvalue weighted by atomic mass is 32.2. The van der Waals surface area contributed by atoms with Gasteiger partial charge in [-0.25, -0.2) is 13.1 Å². The van der Waals surface area contributed by atoms with Crippen molar-refractivity contribution in [1.29, 1.82) is 0 Å². The summed E-state index contributed by atoms with van der Waals surface area (Å²) in [6.45, 7) is -2.25. The Labute approximate surface area is 131 Å². The Bertz CT molecular complexity index is 604. The number of carboxylic acid groups (broad SMARTS) is 1. The van der Waals surface area contributed by atoms with E-state index < -0.39 is 47.2 Å². The van der Waals surface area contributed by atoms with Crippen LogP contribution in [-0.4, -0.2) is 50.7 Å². The van der Waals surface area contributed by atoms with Crippen LogP contribution in [0, 0.1) is 0 Å². The Balaban J connectivity index is 2.56. The number of nitrogens with one attached hydrogen (secondary N) is 1. The Morgan fingerprint density at radius 3 is 2.39 bits per heavy atom. The number of aliphatic carboxylic acids is 1. The third-order valence-electron chi connectivity index (χ3n) is 2.66. The molecule has 0 aliphatic carbocycles. The monoisotopic (exact) mass is 355 g/mol. The number of hydrogen-bond donors (Lipinski definition) is 2. The molecule has 6 nitrogen and oxygen atoms in total. The van der Waals surface area contributed by atoms with Gasteiger partial charge in [-0.05, 0) is 12.0 Å². The van der Waals surface area contributed by atoms with Crippen LogP contribution in [0.4, 0.5) is 13.2 Å². The molecule has 0 bridgehead atoms. The maximum absolute atomic E-state index is 11.9. The first-order valence-corrected chi connectivity index (χ1v) is 8.15. The van der Waals surface area contributed by atoms with Crippen LogP contribution in [0.15, 0.2) is 30.3 Å². The third-order valence-corrected chi connectivity index (χ3v) is 4.01. The topological polar surface area (TPSA) is 92.7 Å². The highest BCUT2D eigenvalue weighted by Gasteiger charge is 2.28. The van der Waals surface area contributed by atoms with Gasteiger partial charge in [-0.15, -0.1) is 0 Å². The summed E-state index contributed by atoms with van der Waals surface area (Å²) in [7, 11) is -4.09. The zero-order valence-corrected chi connectivity index (χ0v) is 12.7. The molecular weight excluding hydrogens is 339 g/mol. The molecule has 1 rings (SSSR count). The van der Waals surface area contributed by atoms with Gasteiger partial charge in [0, 0.05) is 0 Å². The van der Waals surface area contributed by atoms with Crippen molar-refractivity contribution in [3.8, 4) is 0 Å². The second kappa shape index (κ2) is 8.27. The van der Waals surface area contributed by atoms with E-state index in [1.807, 2.05) is 4.72 Å². The molecule has 2 N–H and O–H groups in total. The number of ether oxygens (including phenoxy) is 1. The number of alkyl halides is 3. The lowest BCUT2D eigenvalue weighted by Crippen LogP contribution is -2.43. The van der Waals surface area contributed by atoms with E-state index in [0.29, 0.717) is 5.56 Å². The highest BCUT2D eigenvalue weighted by molar-refractivity contribution is 7.89. The third kappa shape index (κ3) is 8.53. The molecule has 0 aliphatic rings. The van der Waals surface area contributed by atoms with Crippen LogP contribution in [-0.2, 0) is 26.0 Å². The van der Waals surface area contributed by atoms with Crippen molar-refractivity contribution in [3.05, 3.63) is 35.9 Å². The van der Waals surface area contributed by atoms with Gasteiger partial charge in [0.25, 0.3) is 0 Å². The lowest BCUT2D eigenvalue weighted by Gasteiger charge is -2.15. The molecule has 1 atom stereocenters. The zero-order valence-electron chi connectivity index (χ0n) is 11.9. The number of sulfonamides is 1. The first-order valence-electron chi connectivity index (χ1n) is 6.50. The number of carbonyl (C=O) groups is 1. The largest absolute Gasteiger partial charge is 0.480 e. The van der Waals surface area contributed by atoms with Gasteiger partial charge in [0.1, 0.15) is 12.6 Å². The van der Waals surface area contributed by atoms with Crippen LogP contribution < -0.4 is 4.72 Å². The second-order valence-electron chi connectivity index (χ2n) is 4.69. The molecule has 0 saturated carbocycles. The van der Waals surface area contributed by atoms with E-state index in [1.54, 1.807) is 30.3 Å². The fourth-order valence-corrected chi connectivity index (χ4v) is 2.73. The van der Waals surface area contributed by atoms with E-state index in [1.165, 1.54) is 0 Å². The fraction of sp³-hybridized carbons (Fsp3) is 0.462. The molecule has 0 amide bonds. The molecule has 130 valence electrons. The number of hydrogen-bond acceptors (Lipinski definition) is 4. The fourth-order valence-electron chi connectivity index (χ4n) is 1.66. The normalized spacial score (nSPS) is 13.7. The van der Waals surface area contributed by atoms with E-state index in [4.69, 9.17) is 5.11 Å². The molecule has 0 unspecified atom stereocenters. The number of rotatable bonds is 9. The number of benzene rings is 1. The van der Waals surface area contributed by atoms with Crippen molar-refractivity contribution in [3.63, 3.8) is 0 Å². The zero-order chi connectivity index (χ0) is 17.5. The van der Waals surface area contributed by atoms with Crippen molar-refractivity contribution in [2.75, 3.05) is 19.0 Å². The maximum atomic E-state index is 11.9. The maximum Gasteiger partial charge on any atom is 0.411 e. The molecule has 0 heterocycles. The average Bonchev–Trinajstić information content (AvgIpc) is 2.43. The van der Waals surface area contributed by atoms with Gasteiger partial charge < -0.3 is 9.84 Å². The minimum atomic E-state index is -4.55. The predicted molar refractivity (Wildman–Crippen MR) is 75.4 cm³/mol. The van der Waals surface area contributed by atoms with E-state index >= 15 is 0 Å². The summed E-state index contributed by atoms with van der Waals surface area (Å²) in [5, 5.41) is 9.07. The van der Waals surface area contributed by atoms with Gasteiger partial charge in [-0.3, -0.25) is 4.79 Å². The minimum absolute atomic E-state index is 0.0845. The standard InChI is InChI=1S/C13H16F3NO5S/c14-13(15,16)9-22-6-7-23(20,21)17-11(12(18)19)8-10-4-2-1-3-5-10/h1-5,11,17H,6-9H2,(H,18,19)/t11-/m1/s1. The van der Waals surface area contributed by atoms with Gasteiger partial charge in [-0.1, -0.05) is 30.3 Å². The van der Waals surface area contributed by atoms with Crippen molar-refractivity contribution >= 4 is 16.0 Å². The molecule has 0 radical (unpaired) electrons. The molecular formula is C13H16F3NO5S. The summed E-state index contributed by atoms with van der Waals surface area (Å²) in [5.41, 5.74) is 0.607. The van der Waals surface area contributed by atoms with E-state index in [9.17, 15) is 26.4 Å². The SMILES string of the molecule is O=C(O)[C@@H](Cc1ccccc1)NS(=O)(=O)CCOCC(F)(F)F. The average molecular weight is 355 g/mol. The molecule has 0 spiro atoms. The smallest absolute Gasteiger partial charge is 0.411 e. The lowest BCUT2D eigenvalue weighted by atomic mass is 10.1. The summed E-state index contributed by atoms with van der Waals surface area (Å²) in [6, 6.07) is 6.93. The van der Waals surface area contributed by atoms with Crippen LogP contribution in [0.3, 0.4) is 0 Å². The molecule has 0 aliphatic heterocycles. The number of carboxylic acids is 1. The van der Waals surface area contributed by atoms with E-state index in [-0.39, 0.29) is 6.42 Å². The van der Waals surface area contributed by atoms with Crippen molar-refractivity contribution in [1.82, 2.24) is 4.72 Å². The van der Waals surface area contributed by atoms with Crippen LogP contribution in [0.2, 0.25) is 0 Å². The summed E-state index contributed by atoms with van der Waals surface area (Å²) in [5.74, 6) is -2.14. The molecule has 23 heavy (non-hydrogen) atoms. The van der Waals surface area contributed by atoms with Crippen molar-refractivity contribution in [2.45, 2.75) is 18.6 Å². The molecule has 10 heteroatoms. The quantitative estimate of drug-likeness (QED) is 0.649. The van der Waals surface area contributed by atoms with Gasteiger partial charge in [-0.2, -0.15) is 13.2 Å². The molecule has 1 aromatic carbocycles. The van der Waals surface area contributed by atoms with Crippen LogP contribution in [0.25, 0.3) is 0 Å². The van der Waals surface area contributed by atoms with Crippen LogP contribution >= 0.6 is 0 Å². The minimum Gasteiger partial charge on any atom is -0.480 e. The van der Waals surface area contributed by atoms with Gasteiger partial charge in [0.2, 0.25) is 10.0 Å². The summed E-state index contributed by atoms with van der Waals surface area (Å²) < 4.78 is 65.2. The highest BCUT2D eigenvalue weighted by Crippen LogP contribution is 2.14. The van der Waals surface area contributed by atoms with Crippen molar-refractivity contribution in [2.24, 2.45) is 0 Å². The number of halogens is 3. The molecule has 0 aromatic heterocycles. The molecule has 0 fully saturated rings. The summed E-state index contributed by atoms with van der Waals surface area (Å²) in [4.78, 5) is 11.1. The summed E-state index contributed by atoms with van der Waals surface area (Å²) >= 11 is 0. The lowest BCUT2D eigenvalue weighted by molar-refractivity contribution is -0.172. The van der Waals surface area contributed by atoms with Crippen LogP contribution in [0.1, 0.15) is 5.56 Å². The molecule has 1 aromatic rings. The van der Waals surface area contributed by atoms with E-state index in [2.05, 4.69) is 4.74 Å². The van der Waals surface area contributed by atoms with Gasteiger partial charge >= 0.3 is 12.1 Å².